The molecule has 0 spiro atoms. The van der Waals surface area contributed by atoms with Gasteiger partial charge < -0.3 is 15.3 Å². The lowest BCUT2D eigenvalue weighted by molar-refractivity contribution is -0.142. The zero-order valence-electron chi connectivity index (χ0n) is 13.6. The third-order valence-electron chi connectivity index (χ3n) is 3.45. The van der Waals surface area contributed by atoms with E-state index in [1.54, 1.807) is 0 Å². The molecule has 1 aromatic carbocycles. The summed E-state index contributed by atoms with van der Waals surface area (Å²) in [6, 6.07) is 9.07. The van der Waals surface area contributed by atoms with Crippen LogP contribution in [0.3, 0.4) is 0 Å². The molecular weight excluding hydrogens is 280 g/mol. The summed E-state index contributed by atoms with van der Waals surface area (Å²) >= 11 is 0. The molecule has 5 heteroatoms. The summed E-state index contributed by atoms with van der Waals surface area (Å²) in [5, 5.41) is 11.8. The minimum absolute atomic E-state index is 0.220. The van der Waals surface area contributed by atoms with Crippen molar-refractivity contribution in [3.63, 3.8) is 0 Å². The number of rotatable bonds is 9. The second-order valence-corrected chi connectivity index (χ2v) is 5.75. The Morgan fingerprint density at radius 2 is 1.86 bits per heavy atom. The van der Waals surface area contributed by atoms with Gasteiger partial charge in [-0.25, -0.2) is 4.79 Å². The van der Waals surface area contributed by atoms with E-state index in [9.17, 15) is 9.59 Å². The number of carboxylic acid groups (broad SMARTS) is 1. The molecule has 2 N–H and O–H groups in total. The van der Waals surface area contributed by atoms with Crippen molar-refractivity contribution >= 4 is 17.6 Å². The first-order valence-corrected chi connectivity index (χ1v) is 7.76. The molecule has 1 aromatic rings. The Morgan fingerprint density at radius 3 is 2.36 bits per heavy atom. The molecule has 22 heavy (non-hydrogen) atoms. The van der Waals surface area contributed by atoms with Crippen LogP contribution in [-0.2, 0) is 9.59 Å². The first-order chi connectivity index (χ1) is 10.4. The van der Waals surface area contributed by atoms with Crippen molar-refractivity contribution in [3.05, 3.63) is 30.3 Å². The average Bonchev–Trinajstić information content (AvgIpc) is 2.47. The largest absolute Gasteiger partial charge is 0.480 e. The SMILES string of the molecule is CCN(CCC(=O)NC(CC(C)C)C(=O)O)c1ccccc1. The van der Waals surface area contributed by atoms with Crippen LogP contribution in [0.25, 0.3) is 0 Å². The average molecular weight is 306 g/mol. The predicted molar refractivity (Wildman–Crippen MR) is 88.0 cm³/mol. The van der Waals surface area contributed by atoms with Crippen LogP contribution in [0.4, 0.5) is 5.69 Å². The maximum absolute atomic E-state index is 12.0. The van der Waals surface area contributed by atoms with Gasteiger partial charge in [0.1, 0.15) is 6.04 Å². The molecule has 1 atom stereocenters. The van der Waals surface area contributed by atoms with Crippen LogP contribution in [0.2, 0.25) is 0 Å². The highest BCUT2D eigenvalue weighted by Crippen LogP contribution is 2.13. The van der Waals surface area contributed by atoms with Crippen molar-refractivity contribution < 1.29 is 14.7 Å². The summed E-state index contributed by atoms with van der Waals surface area (Å²) in [5.41, 5.74) is 1.06. The smallest absolute Gasteiger partial charge is 0.326 e. The minimum atomic E-state index is -0.975. The van der Waals surface area contributed by atoms with Gasteiger partial charge in [0, 0.05) is 25.2 Å². The van der Waals surface area contributed by atoms with E-state index < -0.39 is 12.0 Å². The van der Waals surface area contributed by atoms with Gasteiger partial charge in [0.25, 0.3) is 0 Å². The monoisotopic (exact) mass is 306 g/mol. The van der Waals surface area contributed by atoms with Gasteiger partial charge in [0.05, 0.1) is 0 Å². The van der Waals surface area contributed by atoms with E-state index >= 15 is 0 Å². The number of hydrogen-bond acceptors (Lipinski definition) is 3. The maximum Gasteiger partial charge on any atom is 0.326 e. The molecule has 0 aliphatic carbocycles. The number of carbonyl (C=O) groups excluding carboxylic acids is 1. The molecule has 0 heterocycles. The molecule has 0 aromatic heterocycles. The molecule has 5 nitrogen and oxygen atoms in total. The highest BCUT2D eigenvalue weighted by Gasteiger charge is 2.21. The fourth-order valence-corrected chi connectivity index (χ4v) is 2.30. The van der Waals surface area contributed by atoms with Gasteiger partial charge in [0.2, 0.25) is 5.91 Å². The molecule has 0 radical (unpaired) electrons. The Balaban J connectivity index is 2.51. The molecule has 1 rings (SSSR count). The third kappa shape index (κ3) is 6.16. The lowest BCUT2D eigenvalue weighted by Gasteiger charge is -2.23. The molecule has 1 unspecified atom stereocenters. The molecule has 0 saturated heterocycles. The number of anilines is 1. The van der Waals surface area contributed by atoms with E-state index in [2.05, 4.69) is 10.2 Å². The fourth-order valence-electron chi connectivity index (χ4n) is 2.30. The zero-order valence-corrected chi connectivity index (χ0v) is 13.6. The first-order valence-electron chi connectivity index (χ1n) is 7.76. The van der Waals surface area contributed by atoms with Gasteiger partial charge in [-0.2, -0.15) is 0 Å². The molecule has 1 amide bonds. The maximum atomic E-state index is 12.0. The highest BCUT2D eigenvalue weighted by atomic mass is 16.4. The van der Waals surface area contributed by atoms with Crippen LogP contribution >= 0.6 is 0 Å². The Hall–Kier alpha value is -2.04. The summed E-state index contributed by atoms with van der Waals surface area (Å²) in [7, 11) is 0. The molecule has 0 aliphatic rings. The molecule has 0 aliphatic heterocycles. The number of carbonyl (C=O) groups is 2. The first kappa shape index (κ1) is 18.0. The van der Waals surface area contributed by atoms with Gasteiger partial charge in [-0.1, -0.05) is 32.0 Å². The van der Waals surface area contributed by atoms with E-state index in [1.807, 2.05) is 51.1 Å². The zero-order chi connectivity index (χ0) is 16.5. The minimum Gasteiger partial charge on any atom is -0.480 e. The van der Waals surface area contributed by atoms with Crippen LogP contribution in [0, 0.1) is 5.92 Å². The van der Waals surface area contributed by atoms with Crippen LogP contribution < -0.4 is 10.2 Å². The van der Waals surface area contributed by atoms with E-state index in [0.29, 0.717) is 13.0 Å². The van der Waals surface area contributed by atoms with Gasteiger partial charge in [-0.15, -0.1) is 0 Å². The van der Waals surface area contributed by atoms with Crippen LogP contribution in [0.5, 0.6) is 0 Å². The topological polar surface area (TPSA) is 69.6 Å². The Kier molecular flexibility index (Phi) is 7.43. The summed E-state index contributed by atoms with van der Waals surface area (Å²) in [6.45, 7) is 7.28. The number of hydrogen-bond donors (Lipinski definition) is 2. The summed E-state index contributed by atoms with van der Waals surface area (Å²) in [5.74, 6) is -0.974. The molecule has 122 valence electrons. The molecule has 0 saturated carbocycles. The number of aliphatic carboxylic acids is 1. The summed E-state index contributed by atoms with van der Waals surface area (Å²) < 4.78 is 0. The second-order valence-electron chi connectivity index (χ2n) is 5.75. The fraction of sp³-hybridized carbons (Fsp3) is 0.529. The molecule has 0 bridgehead atoms. The lowest BCUT2D eigenvalue weighted by atomic mass is 10.0. The molecule has 0 fully saturated rings. The Bertz CT molecular complexity index is 474. The number of amides is 1. The van der Waals surface area contributed by atoms with Crippen LogP contribution in [-0.4, -0.2) is 36.1 Å². The summed E-state index contributed by atoms with van der Waals surface area (Å²) in [4.78, 5) is 25.2. The van der Waals surface area contributed by atoms with Crippen LogP contribution in [0.15, 0.2) is 30.3 Å². The lowest BCUT2D eigenvalue weighted by Crippen LogP contribution is -2.42. The van der Waals surface area contributed by atoms with Crippen molar-refractivity contribution in [2.24, 2.45) is 5.92 Å². The quantitative estimate of drug-likeness (QED) is 0.735. The number of para-hydroxylation sites is 1. The van der Waals surface area contributed by atoms with Crippen molar-refractivity contribution in [1.29, 1.82) is 0 Å². The van der Waals surface area contributed by atoms with Crippen molar-refractivity contribution in [3.8, 4) is 0 Å². The van der Waals surface area contributed by atoms with Crippen molar-refractivity contribution in [1.82, 2.24) is 5.32 Å². The summed E-state index contributed by atoms with van der Waals surface area (Å²) in [6.07, 6.45) is 0.724. The Morgan fingerprint density at radius 1 is 1.23 bits per heavy atom. The third-order valence-corrected chi connectivity index (χ3v) is 3.45. The van der Waals surface area contributed by atoms with Gasteiger partial charge in [-0.3, -0.25) is 4.79 Å². The predicted octanol–water partition coefficient (Wildman–Crippen LogP) is 2.52. The second kappa shape index (κ2) is 9.07. The normalized spacial score (nSPS) is 12.0. The standard InChI is InChI=1S/C17H26N2O3/c1-4-19(14-8-6-5-7-9-14)11-10-16(20)18-15(17(21)22)12-13(2)3/h5-9,13,15H,4,10-12H2,1-3H3,(H,18,20)(H,21,22). The van der Waals surface area contributed by atoms with Crippen molar-refractivity contribution in [2.75, 3.05) is 18.0 Å². The van der Waals surface area contributed by atoms with Gasteiger partial charge >= 0.3 is 5.97 Å². The van der Waals surface area contributed by atoms with Crippen molar-refractivity contribution in [2.45, 2.75) is 39.7 Å². The molecular formula is C17H26N2O3. The van der Waals surface area contributed by atoms with E-state index in [1.165, 1.54) is 0 Å². The number of carboxylic acids is 1. The van der Waals surface area contributed by atoms with E-state index in [-0.39, 0.29) is 18.2 Å². The number of nitrogens with zero attached hydrogens (tertiary/aromatic N) is 1. The Labute approximate surface area is 132 Å². The van der Waals surface area contributed by atoms with Gasteiger partial charge in [0.15, 0.2) is 0 Å². The van der Waals surface area contributed by atoms with E-state index in [0.717, 1.165) is 12.2 Å². The van der Waals surface area contributed by atoms with Crippen LogP contribution in [0.1, 0.15) is 33.6 Å². The van der Waals surface area contributed by atoms with Gasteiger partial charge in [-0.05, 0) is 31.4 Å². The highest BCUT2D eigenvalue weighted by molar-refractivity contribution is 5.83. The number of benzene rings is 1. The van der Waals surface area contributed by atoms with E-state index in [4.69, 9.17) is 5.11 Å². The number of nitrogens with one attached hydrogen (secondary N) is 1.